The van der Waals surface area contributed by atoms with Gasteiger partial charge in [-0.25, -0.2) is 5.01 Å². The van der Waals surface area contributed by atoms with Crippen LogP contribution in [0.25, 0.3) is 0 Å². The van der Waals surface area contributed by atoms with Crippen LogP contribution in [0.2, 0.25) is 0 Å². The van der Waals surface area contributed by atoms with Gasteiger partial charge in [-0.1, -0.05) is 12.1 Å². The molecule has 2 rings (SSSR count). The minimum Gasteiger partial charge on any atom is -0.497 e. The molecule has 1 aliphatic heterocycles. The highest BCUT2D eigenvalue weighted by Crippen LogP contribution is 2.14. The molecule has 0 bridgehead atoms. The molecule has 1 aromatic carbocycles. The molecule has 0 atom stereocenters. The maximum Gasteiger partial charge on any atom is 0.248 e. The zero-order valence-corrected chi connectivity index (χ0v) is 8.51. The Bertz CT molecular complexity index is 384. The highest BCUT2D eigenvalue weighted by molar-refractivity contribution is 5.93. The van der Waals surface area contributed by atoms with Gasteiger partial charge in [-0.3, -0.25) is 4.79 Å². The zero-order chi connectivity index (χ0) is 10.7. The van der Waals surface area contributed by atoms with Gasteiger partial charge in [0.25, 0.3) is 0 Å². The maximum absolute atomic E-state index is 11.3. The first-order chi connectivity index (χ1) is 7.29. The molecule has 1 heterocycles. The fourth-order valence-corrected chi connectivity index (χ4v) is 1.42. The van der Waals surface area contributed by atoms with Gasteiger partial charge in [-0.05, 0) is 17.7 Å². The third-order valence-corrected chi connectivity index (χ3v) is 2.27. The number of benzene rings is 1. The van der Waals surface area contributed by atoms with E-state index in [1.165, 1.54) is 5.01 Å². The number of carbonyl (C=O) groups excluding carboxylic acids is 1. The number of hydrazone groups is 1. The van der Waals surface area contributed by atoms with Crippen LogP contribution in [-0.2, 0) is 11.3 Å². The molecule has 0 unspecified atom stereocenters. The number of hydrogen-bond acceptors (Lipinski definition) is 3. The molecule has 1 aliphatic rings. The monoisotopic (exact) mass is 204 g/mol. The molecule has 0 aromatic heterocycles. The Balaban J connectivity index is 2.04. The standard InChI is InChI=1S/C11H12N2O2/c1-15-10-4-2-9(3-5-10)8-13-11(14)6-7-12-13/h2-5,7H,6,8H2,1H3. The number of nitrogens with zero attached hydrogens (tertiary/aromatic N) is 2. The van der Waals surface area contributed by atoms with Gasteiger partial charge in [0.15, 0.2) is 0 Å². The third kappa shape index (κ3) is 2.15. The first-order valence-corrected chi connectivity index (χ1v) is 4.75. The minimum atomic E-state index is 0.0471. The lowest BCUT2D eigenvalue weighted by atomic mass is 10.2. The van der Waals surface area contributed by atoms with E-state index in [9.17, 15) is 4.79 Å². The van der Waals surface area contributed by atoms with E-state index in [4.69, 9.17) is 4.74 Å². The van der Waals surface area contributed by atoms with Crippen molar-refractivity contribution in [2.24, 2.45) is 5.10 Å². The first kappa shape index (κ1) is 9.71. The largest absolute Gasteiger partial charge is 0.497 e. The summed E-state index contributed by atoms with van der Waals surface area (Å²) in [7, 11) is 1.63. The lowest BCUT2D eigenvalue weighted by Gasteiger charge is -2.11. The normalized spacial score (nSPS) is 14.7. The van der Waals surface area contributed by atoms with E-state index in [0.29, 0.717) is 13.0 Å². The smallest absolute Gasteiger partial charge is 0.248 e. The predicted molar refractivity (Wildman–Crippen MR) is 56.7 cm³/mol. The van der Waals surface area contributed by atoms with Crippen LogP contribution in [0, 0.1) is 0 Å². The van der Waals surface area contributed by atoms with Gasteiger partial charge in [-0.15, -0.1) is 0 Å². The van der Waals surface area contributed by atoms with Crippen molar-refractivity contribution in [2.45, 2.75) is 13.0 Å². The molecule has 0 radical (unpaired) electrons. The lowest BCUT2D eigenvalue weighted by Crippen LogP contribution is -2.19. The number of amides is 1. The molecule has 4 nitrogen and oxygen atoms in total. The van der Waals surface area contributed by atoms with Crippen molar-refractivity contribution in [1.29, 1.82) is 0 Å². The quantitative estimate of drug-likeness (QED) is 0.747. The van der Waals surface area contributed by atoms with E-state index in [0.717, 1.165) is 11.3 Å². The number of rotatable bonds is 3. The minimum absolute atomic E-state index is 0.0471. The first-order valence-electron chi connectivity index (χ1n) is 4.75. The topological polar surface area (TPSA) is 41.9 Å². The third-order valence-electron chi connectivity index (χ3n) is 2.27. The summed E-state index contributed by atoms with van der Waals surface area (Å²) >= 11 is 0. The molecule has 0 fully saturated rings. The van der Waals surface area contributed by atoms with Crippen molar-refractivity contribution >= 4 is 12.1 Å². The Hall–Kier alpha value is -1.84. The Morgan fingerprint density at radius 2 is 2.13 bits per heavy atom. The van der Waals surface area contributed by atoms with Crippen LogP contribution in [0.4, 0.5) is 0 Å². The summed E-state index contributed by atoms with van der Waals surface area (Å²) in [4.78, 5) is 11.3. The van der Waals surface area contributed by atoms with E-state index < -0.39 is 0 Å². The number of ether oxygens (including phenoxy) is 1. The summed E-state index contributed by atoms with van der Waals surface area (Å²) in [6.07, 6.45) is 2.04. The van der Waals surface area contributed by atoms with Crippen LogP contribution >= 0.6 is 0 Å². The molecular weight excluding hydrogens is 192 g/mol. The molecular formula is C11H12N2O2. The molecule has 1 aromatic rings. The molecule has 0 N–H and O–H groups in total. The maximum atomic E-state index is 11.3. The van der Waals surface area contributed by atoms with Crippen molar-refractivity contribution < 1.29 is 9.53 Å². The number of carbonyl (C=O) groups is 1. The van der Waals surface area contributed by atoms with Crippen LogP contribution < -0.4 is 4.74 Å². The molecule has 15 heavy (non-hydrogen) atoms. The highest BCUT2D eigenvalue weighted by atomic mass is 16.5. The van der Waals surface area contributed by atoms with Gasteiger partial charge in [0, 0.05) is 6.21 Å². The average Bonchev–Trinajstić information content (AvgIpc) is 2.66. The second kappa shape index (κ2) is 4.13. The van der Waals surface area contributed by atoms with Crippen LogP contribution in [0.3, 0.4) is 0 Å². The predicted octanol–water partition coefficient (Wildman–Crippen LogP) is 1.41. The SMILES string of the molecule is COc1ccc(CN2N=CCC2=O)cc1. The zero-order valence-electron chi connectivity index (χ0n) is 8.51. The van der Waals surface area contributed by atoms with Crippen molar-refractivity contribution in [3.63, 3.8) is 0 Å². The van der Waals surface area contributed by atoms with Crippen molar-refractivity contribution in [3.8, 4) is 5.75 Å². The lowest BCUT2D eigenvalue weighted by molar-refractivity contribution is -0.129. The second-order valence-electron chi connectivity index (χ2n) is 3.30. The molecule has 1 amide bonds. The highest BCUT2D eigenvalue weighted by Gasteiger charge is 2.16. The van der Waals surface area contributed by atoms with Gasteiger partial charge in [0.1, 0.15) is 5.75 Å². The molecule has 78 valence electrons. The fourth-order valence-electron chi connectivity index (χ4n) is 1.42. The second-order valence-corrected chi connectivity index (χ2v) is 3.30. The van der Waals surface area contributed by atoms with E-state index in [2.05, 4.69) is 5.10 Å². The Morgan fingerprint density at radius 3 is 2.67 bits per heavy atom. The van der Waals surface area contributed by atoms with Gasteiger partial charge < -0.3 is 4.74 Å². The number of methoxy groups -OCH3 is 1. The van der Waals surface area contributed by atoms with Crippen LogP contribution in [0.1, 0.15) is 12.0 Å². The summed E-state index contributed by atoms with van der Waals surface area (Å²) in [6, 6.07) is 7.61. The van der Waals surface area contributed by atoms with Gasteiger partial charge in [0.05, 0.1) is 20.1 Å². The molecule has 0 saturated carbocycles. The van der Waals surface area contributed by atoms with Crippen molar-refractivity contribution in [1.82, 2.24) is 5.01 Å². The van der Waals surface area contributed by atoms with Crippen LogP contribution in [0.5, 0.6) is 5.75 Å². The number of hydrogen-bond donors (Lipinski definition) is 0. The van der Waals surface area contributed by atoms with E-state index in [-0.39, 0.29) is 5.91 Å². The summed E-state index contributed by atoms with van der Waals surface area (Å²) < 4.78 is 5.05. The molecule has 0 aliphatic carbocycles. The Morgan fingerprint density at radius 1 is 1.40 bits per heavy atom. The molecule has 4 heteroatoms. The fraction of sp³-hybridized carbons (Fsp3) is 0.273. The molecule has 0 spiro atoms. The van der Waals surface area contributed by atoms with E-state index >= 15 is 0 Å². The summed E-state index contributed by atoms with van der Waals surface area (Å²) in [5.74, 6) is 0.862. The summed E-state index contributed by atoms with van der Waals surface area (Å²) in [5.41, 5.74) is 1.04. The average molecular weight is 204 g/mol. The van der Waals surface area contributed by atoms with E-state index in [1.807, 2.05) is 24.3 Å². The summed E-state index contributed by atoms with van der Waals surface area (Å²) in [6.45, 7) is 0.527. The van der Waals surface area contributed by atoms with Gasteiger partial charge >= 0.3 is 0 Å². The summed E-state index contributed by atoms with van der Waals surface area (Å²) in [5, 5.41) is 5.46. The van der Waals surface area contributed by atoms with Gasteiger partial charge in [0.2, 0.25) is 5.91 Å². The molecule has 0 saturated heterocycles. The van der Waals surface area contributed by atoms with Gasteiger partial charge in [-0.2, -0.15) is 5.10 Å². The van der Waals surface area contributed by atoms with Crippen molar-refractivity contribution in [2.75, 3.05) is 7.11 Å². The van der Waals surface area contributed by atoms with Crippen LogP contribution in [0.15, 0.2) is 29.4 Å². The Labute approximate surface area is 88.2 Å². The van der Waals surface area contributed by atoms with Crippen molar-refractivity contribution in [3.05, 3.63) is 29.8 Å². The Kier molecular flexibility index (Phi) is 2.67. The van der Waals surface area contributed by atoms with E-state index in [1.54, 1.807) is 13.3 Å². The van der Waals surface area contributed by atoms with Crippen LogP contribution in [-0.4, -0.2) is 24.2 Å².